The van der Waals surface area contributed by atoms with E-state index in [-0.39, 0.29) is 0 Å². The zero-order valence-corrected chi connectivity index (χ0v) is 28.8. The van der Waals surface area contributed by atoms with Gasteiger partial charge in [-0.05, 0) is 69.4 Å². The number of rotatable bonds is 5. The van der Waals surface area contributed by atoms with Gasteiger partial charge in [0.25, 0.3) is 0 Å². The lowest BCUT2D eigenvalue weighted by atomic mass is 9.93. The number of aromatic nitrogens is 4. The Morgan fingerprint density at radius 2 is 0.889 bits per heavy atom. The molecule has 4 aromatic heterocycles. The zero-order valence-electron chi connectivity index (χ0n) is 28.8. The predicted molar refractivity (Wildman–Crippen MR) is 217 cm³/mol. The van der Waals surface area contributed by atoms with Crippen molar-refractivity contribution >= 4 is 54.8 Å². The van der Waals surface area contributed by atoms with Crippen LogP contribution < -0.4 is 0 Å². The molecule has 11 rings (SSSR count). The van der Waals surface area contributed by atoms with E-state index in [9.17, 15) is 0 Å². The minimum Gasteiger partial charge on any atom is -0.456 e. The van der Waals surface area contributed by atoms with E-state index < -0.39 is 0 Å². The molecule has 54 heavy (non-hydrogen) atoms. The molecule has 6 heteroatoms. The summed E-state index contributed by atoms with van der Waals surface area (Å²) in [5, 5.41) is 5.09. The first-order chi connectivity index (χ1) is 26.8. The number of fused-ring (bicyclic) bond motifs is 7. The van der Waals surface area contributed by atoms with Crippen LogP contribution >= 0.6 is 0 Å². The predicted octanol–water partition coefficient (Wildman–Crippen LogP) is 12.6. The number of hydrogen-bond donors (Lipinski definition) is 0. The largest absolute Gasteiger partial charge is 0.456 e. The Hall–Kier alpha value is -7.44. The summed E-state index contributed by atoms with van der Waals surface area (Å²) < 4.78 is 12.5. The number of hydrogen-bond acceptors (Lipinski definition) is 6. The fourth-order valence-electron chi connectivity index (χ4n) is 7.78. The number of benzene rings is 7. The van der Waals surface area contributed by atoms with E-state index in [1.807, 2.05) is 66.9 Å². The highest BCUT2D eigenvalue weighted by Gasteiger charge is 2.20. The molecule has 6 nitrogen and oxygen atoms in total. The maximum atomic E-state index is 6.29. The zero-order chi connectivity index (χ0) is 35.6. The molecule has 0 aliphatic heterocycles. The van der Waals surface area contributed by atoms with Crippen LogP contribution in [0.4, 0.5) is 0 Å². The molecule has 0 saturated carbocycles. The first kappa shape index (κ1) is 30.2. The number of para-hydroxylation sites is 1. The molecular formula is C48H28N4O2. The molecule has 0 radical (unpaired) electrons. The van der Waals surface area contributed by atoms with Crippen molar-refractivity contribution in [2.45, 2.75) is 0 Å². The van der Waals surface area contributed by atoms with Crippen LogP contribution in [0.15, 0.2) is 179 Å². The van der Waals surface area contributed by atoms with Crippen LogP contribution in [0.5, 0.6) is 0 Å². The van der Waals surface area contributed by atoms with Gasteiger partial charge in [0.2, 0.25) is 0 Å². The van der Waals surface area contributed by atoms with Gasteiger partial charge in [0.1, 0.15) is 22.3 Å². The van der Waals surface area contributed by atoms with Gasteiger partial charge in [-0.15, -0.1) is 0 Å². The average molecular weight is 693 g/mol. The van der Waals surface area contributed by atoms with Crippen molar-refractivity contribution < 1.29 is 8.83 Å². The van der Waals surface area contributed by atoms with Crippen LogP contribution in [0.2, 0.25) is 0 Å². The van der Waals surface area contributed by atoms with Crippen LogP contribution in [0.25, 0.3) is 111 Å². The summed E-state index contributed by atoms with van der Waals surface area (Å²) >= 11 is 0. The lowest BCUT2D eigenvalue weighted by Gasteiger charge is -2.13. The number of pyridine rings is 1. The van der Waals surface area contributed by atoms with E-state index in [1.165, 1.54) is 0 Å². The fraction of sp³-hybridized carbons (Fsp3) is 0. The Morgan fingerprint density at radius 1 is 0.333 bits per heavy atom. The third kappa shape index (κ3) is 4.81. The molecule has 11 aromatic rings. The molecule has 252 valence electrons. The van der Waals surface area contributed by atoms with E-state index in [4.69, 9.17) is 28.8 Å². The van der Waals surface area contributed by atoms with Gasteiger partial charge in [0.05, 0.1) is 5.39 Å². The summed E-state index contributed by atoms with van der Waals surface area (Å²) in [6.45, 7) is 0. The third-order valence-electron chi connectivity index (χ3n) is 10.2. The minimum absolute atomic E-state index is 0.575. The Bertz CT molecular complexity index is 3240. The topological polar surface area (TPSA) is 77.8 Å². The van der Waals surface area contributed by atoms with Crippen LogP contribution in [0, 0.1) is 0 Å². The molecule has 0 fully saturated rings. The molecule has 0 N–H and O–H groups in total. The summed E-state index contributed by atoms with van der Waals surface area (Å²) in [7, 11) is 0. The van der Waals surface area contributed by atoms with E-state index in [1.54, 1.807) is 0 Å². The second kappa shape index (κ2) is 12.1. The number of nitrogens with zero attached hydrogens (tertiary/aromatic N) is 4. The van der Waals surface area contributed by atoms with Crippen molar-refractivity contribution in [2.24, 2.45) is 0 Å². The molecule has 0 aliphatic rings. The monoisotopic (exact) mass is 692 g/mol. The van der Waals surface area contributed by atoms with Gasteiger partial charge < -0.3 is 8.83 Å². The van der Waals surface area contributed by atoms with Gasteiger partial charge in [-0.3, -0.25) is 4.98 Å². The Kier molecular flexibility index (Phi) is 6.75. The highest BCUT2D eigenvalue weighted by molar-refractivity contribution is 6.15. The lowest BCUT2D eigenvalue weighted by molar-refractivity contribution is 0.668. The lowest BCUT2D eigenvalue weighted by Crippen LogP contribution is -2.01. The minimum atomic E-state index is 0.575. The first-order valence-corrected chi connectivity index (χ1v) is 17.9. The molecule has 0 unspecified atom stereocenters. The molecule has 7 aromatic carbocycles. The van der Waals surface area contributed by atoms with Gasteiger partial charge >= 0.3 is 0 Å². The Balaban J connectivity index is 1.16. The van der Waals surface area contributed by atoms with Crippen molar-refractivity contribution in [1.29, 1.82) is 0 Å². The highest BCUT2D eigenvalue weighted by Crippen LogP contribution is 2.41. The van der Waals surface area contributed by atoms with Crippen LogP contribution in [-0.4, -0.2) is 19.9 Å². The number of furan rings is 2. The maximum absolute atomic E-state index is 6.29. The van der Waals surface area contributed by atoms with Crippen LogP contribution in [-0.2, 0) is 0 Å². The van der Waals surface area contributed by atoms with Crippen LogP contribution in [0.3, 0.4) is 0 Å². The van der Waals surface area contributed by atoms with Crippen molar-refractivity contribution in [2.75, 3.05) is 0 Å². The molecule has 0 aliphatic carbocycles. The molecule has 4 heterocycles. The molecule has 0 atom stereocenters. The summed E-state index contributed by atoms with van der Waals surface area (Å²) in [5.41, 5.74) is 11.1. The van der Waals surface area contributed by atoms with Gasteiger partial charge in [-0.25, -0.2) is 15.0 Å². The van der Waals surface area contributed by atoms with Crippen molar-refractivity contribution in [1.82, 2.24) is 19.9 Å². The summed E-state index contributed by atoms with van der Waals surface area (Å²) in [6.07, 6.45) is 1.81. The first-order valence-electron chi connectivity index (χ1n) is 17.9. The summed E-state index contributed by atoms with van der Waals surface area (Å²) in [5.74, 6) is 1.75. The van der Waals surface area contributed by atoms with Gasteiger partial charge in [-0.1, -0.05) is 127 Å². The molecule has 0 bridgehead atoms. The van der Waals surface area contributed by atoms with E-state index >= 15 is 0 Å². The molecule has 0 spiro atoms. The quantitative estimate of drug-likeness (QED) is 0.179. The van der Waals surface area contributed by atoms with E-state index in [0.717, 1.165) is 93.7 Å². The highest BCUT2D eigenvalue weighted by atomic mass is 16.3. The summed E-state index contributed by atoms with van der Waals surface area (Å²) in [6, 6.07) is 55.7. The smallest absolute Gasteiger partial charge is 0.164 e. The van der Waals surface area contributed by atoms with Crippen molar-refractivity contribution in [3.05, 3.63) is 170 Å². The SMILES string of the molecule is c1ccc(-c2cccc(-c3nc(-c4cccc5c(-c6cccc7oc8cccnc8c67)cccc45)nc(-c4cccc5oc6ccccc6c45)n3)c2)cc1. The third-order valence-corrected chi connectivity index (χ3v) is 10.2. The Labute approximate surface area is 309 Å². The molecule has 0 amide bonds. The standard InChI is InChI=1S/C48H28N4O2/c1-2-12-29(13-3-1)30-14-6-15-31(28-30)46-50-47(52-48(51-46)38-22-10-24-40-43(38)37-16-4-5-23-39(37)53-40)36-21-8-17-32-33(18-7-19-34(32)36)35-20-9-25-41-44(35)45-42(54-41)26-11-27-49-45/h1-28H. The van der Waals surface area contributed by atoms with Crippen LogP contribution in [0.1, 0.15) is 0 Å². The van der Waals surface area contributed by atoms with Gasteiger partial charge in [-0.2, -0.15) is 0 Å². The fourth-order valence-corrected chi connectivity index (χ4v) is 7.78. The second-order valence-corrected chi connectivity index (χ2v) is 13.4. The second-order valence-electron chi connectivity index (χ2n) is 13.4. The molecule has 0 saturated heterocycles. The summed E-state index contributed by atoms with van der Waals surface area (Å²) in [4.78, 5) is 20.4. The van der Waals surface area contributed by atoms with Crippen molar-refractivity contribution in [3.63, 3.8) is 0 Å². The van der Waals surface area contributed by atoms with E-state index in [0.29, 0.717) is 17.5 Å². The molecular weight excluding hydrogens is 665 g/mol. The van der Waals surface area contributed by atoms with E-state index in [2.05, 4.69) is 103 Å². The van der Waals surface area contributed by atoms with Gasteiger partial charge in [0, 0.05) is 33.7 Å². The van der Waals surface area contributed by atoms with Crippen molar-refractivity contribution in [3.8, 4) is 56.4 Å². The van der Waals surface area contributed by atoms with Gasteiger partial charge in [0.15, 0.2) is 23.1 Å². The normalized spacial score (nSPS) is 11.7. The Morgan fingerprint density at radius 3 is 1.76 bits per heavy atom. The maximum Gasteiger partial charge on any atom is 0.164 e. The average Bonchev–Trinajstić information content (AvgIpc) is 3.82.